The van der Waals surface area contributed by atoms with E-state index in [0.29, 0.717) is 19.0 Å². The molecule has 3 aromatic rings. The summed E-state index contributed by atoms with van der Waals surface area (Å²) in [5.74, 6) is 0.0744. The zero-order valence-corrected chi connectivity index (χ0v) is 12.1. The highest BCUT2D eigenvalue weighted by atomic mass is 16.2. The first-order valence-corrected chi connectivity index (χ1v) is 7.04. The standard InChI is InChI=1S/C14H16N6O2/c1-2-19-10-5-3-4-6-11(10)20(14(19)22)8-7-12(21)17-13-15-9-16-18-13/h3-6,9H,2,7-8H2,1H3,(H2,15,16,17,18,21). The van der Waals surface area contributed by atoms with Gasteiger partial charge < -0.3 is 0 Å². The van der Waals surface area contributed by atoms with E-state index in [1.807, 2.05) is 31.2 Å². The maximum atomic E-state index is 12.4. The first-order valence-electron chi connectivity index (χ1n) is 7.04. The molecule has 1 amide bonds. The molecule has 3 rings (SSSR count). The number of fused-ring (bicyclic) bond motifs is 1. The lowest BCUT2D eigenvalue weighted by molar-refractivity contribution is -0.116. The maximum Gasteiger partial charge on any atom is 0.329 e. The topological polar surface area (TPSA) is 97.6 Å². The Bertz CT molecular complexity index is 846. The molecule has 114 valence electrons. The number of hydrogen-bond donors (Lipinski definition) is 2. The first kappa shape index (κ1) is 14.1. The van der Waals surface area contributed by atoms with Gasteiger partial charge in [0.25, 0.3) is 0 Å². The average molecular weight is 300 g/mol. The number of H-pyrrole nitrogens is 1. The predicted octanol–water partition coefficient (Wildman–Crippen LogP) is 0.970. The molecule has 0 spiro atoms. The first-order chi connectivity index (χ1) is 10.7. The molecule has 1 aromatic carbocycles. The van der Waals surface area contributed by atoms with Gasteiger partial charge >= 0.3 is 5.69 Å². The van der Waals surface area contributed by atoms with E-state index in [1.54, 1.807) is 9.13 Å². The Hall–Kier alpha value is -2.90. The third-order valence-corrected chi connectivity index (χ3v) is 3.48. The number of nitrogens with one attached hydrogen (secondary N) is 2. The molecule has 8 heteroatoms. The molecular weight excluding hydrogens is 284 g/mol. The third-order valence-electron chi connectivity index (χ3n) is 3.48. The molecule has 0 unspecified atom stereocenters. The van der Waals surface area contributed by atoms with Crippen LogP contribution >= 0.6 is 0 Å². The van der Waals surface area contributed by atoms with E-state index < -0.39 is 0 Å². The molecule has 0 aliphatic carbocycles. The van der Waals surface area contributed by atoms with Gasteiger partial charge in [0, 0.05) is 19.5 Å². The van der Waals surface area contributed by atoms with E-state index in [4.69, 9.17) is 0 Å². The second-order valence-corrected chi connectivity index (χ2v) is 4.80. The summed E-state index contributed by atoms with van der Waals surface area (Å²) in [6.45, 7) is 2.83. The number of imidazole rings is 1. The van der Waals surface area contributed by atoms with Crippen molar-refractivity contribution in [2.45, 2.75) is 26.4 Å². The van der Waals surface area contributed by atoms with E-state index in [1.165, 1.54) is 6.33 Å². The number of carbonyl (C=O) groups excluding carboxylic acids is 1. The number of aromatic amines is 1. The summed E-state index contributed by atoms with van der Waals surface area (Å²) in [6, 6.07) is 7.57. The fourth-order valence-electron chi connectivity index (χ4n) is 2.47. The molecule has 2 heterocycles. The number of aromatic nitrogens is 5. The Morgan fingerprint density at radius 3 is 2.64 bits per heavy atom. The van der Waals surface area contributed by atoms with Crippen LogP contribution in [0.15, 0.2) is 35.4 Å². The molecule has 0 bridgehead atoms. The molecular formula is C14H16N6O2. The second kappa shape index (κ2) is 5.84. The fraction of sp³-hybridized carbons (Fsp3) is 0.286. The summed E-state index contributed by atoms with van der Waals surface area (Å²) >= 11 is 0. The highest BCUT2D eigenvalue weighted by Crippen LogP contribution is 2.13. The van der Waals surface area contributed by atoms with Gasteiger partial charge in [-0.05, 0) is 19.1 Å². The molecule has 22 heavy (non-hydrogen) atoms. The number of nitrogens with zero attached hydrogens (tertiary/aromatic N) is 4. The largest absolute Gasteiger partial charge is 0.329 e. The van der Waals surface area contributed by atoms with Crippen molar-refractivity contribution in [3.63, 3.8) is 0 Å². The number of benzene rings is 1. The summed E-state index contributed by atoms with van der Waals surface area (Å²) in [7, 11) is 0. The van der Waals surface area contributed by atoms with Crippen LogP contribution in [0.3, 0.4) is 0 Å². The van der Waals surface area contributed by atoms with Crippen molar-refractivity contribution in [1.29, 1.82) is 0 Å². The summed E-state index contributed by atoms with van der Waals surface area (Å²) in [5, 5.41) is 8.80. The van der Waals surface area contributed by atoms with E-state index >= 15 is 0 Å². The van der Waals surface area contributed by atoms with E-state index in [0.717, 1.165) is 11.0 Å². The monoisotopic (exact) mass is 300 g/mol. The molecule has 0 radical (unpaired) electrons. The van der Waals surface area contributed by atoms with Crippen molar-refractivity contribution >= 4 is 22.9 Å². The van der Waals surface area contributed by atoms with Crippen LogP contribution in [-0.4, -0.2) is 30.2 Å². The van der Waals surface area contributed by atoms with Gasteiger partial charge in [0.05, 0.1) is 11.0 Å². The van der Waals surface area contributed by atoms with Crippen molar-refractivity contribution in [1.82, 2.24) is 24.3 Å². The second-order valence-electron chi connectivity index (χ2n) is 4.80. The summed E-state index contributed by atoms with van der Waals surface area (Å²) in [5.41, 5.74) is 1.61. The van der Waals surface area contributed by atoms with Crippen molar-refractivity contribution in [2.75, 3.05) is 5.32 Å². The number of rotatable bonds is 5. The van der Waals surface area contributed by atoms with Crippen LogP contribution in [0.4, 0.5) is 5.95 Å². The molecule has 0 atom stereocenters. The summed E-state index contributed by atoms with van der Waals surface area (Å²) in [6.07, 6.45) is 1.49. The molecule has 0 fully saturated rings. The van der Waals surface area contributed by atoms with Gasteiger partial charge in [-0.1, -0.05) is 12.1 Å². The lowest BCUT2D eigenvalue weighted by Crippen LogP contribution is -2.25. The predicted molar refractivity (Wildman–Crippen MR) is 81.5 cm³/mol. The van der Waals surface area contributed by atoms with Gasteiger partial charge in [-0.25, -0.2) is 9.89 Å². The zero-order valence-electron chi connectivity index (χ0n) is 12.1. The highest BCUT2D eigenvalue weighted by Gasteiger charge is 2.13. The molecule has 0 aliphatic heterocycles. The lowest BCUT2D eigenvalue weighted by Gasteiger charge is -2.03. The number of amides is 1. The Kier molecular flexibility index (Phi) is 3.73. The molecule has 0 saturated carbocycles. The maximum absolute atomic E-state index is 12.4. The summed E-state index contributed by atoms with van der Waals surface area (Å²) < 4.78 is 3.32. The lowest BCUT2D eigenvalue weighted by atomic mass is 10.3. The van der Waals surface area contributed by atoms with Crippen molar-refractivity contribution in [3.05, 3.63) is 41.1 Å². The molecule has 2 N–H and O–H groups in total. The van der Waals surface area contributed by atoms with E-state index in [9.17, 15) is 9.59 Å². The highest BCUT2D eigenvalue weighted by molar-refractivity contribution is 5.88. The van der Waals surface area contributed by atoms with E-state index in [2.05, 4.69) is 20.5 Å². The number of carbonyl (C=O) groups is 1. The van der Waals surface area contributed by atoms with Crippen LogP contribution in [0.25, 0.3) is 11.0 Å². The smallest absolute Gasteiger partial charge is 0.295 e. The Morgan fingerprint density at radius 2 is 2.00 bits per heavy atom. The average Bonchev–Trinajstić information content (AvgIpc) is 3.11. The molecule has 8 nitrogen and oxygen atoms in total. The van der Waals surface area contributed by atoms with Crippen LogP contribution < -0.4 is 11.0 Å². The van der Waals surface area contributed by atoms with Crippen LogP contribution in [0.2, 0.25) is 0 Å². The third kappa shape index (κ3) is 2.50. The van der Waals surface area contributed by atoms with Gasteiger partial charge in [0.2, 0.25) is 11.9 Å². The fourth-order valence-corrected chi connectivity index (χ4v) is 2.47. The summed E-state index contributed by atoms with van der Waals surface area (Å²) in [4.78, 5) is 28.1. The number of aryl methyl sites for hydroxylation is 2. The number of anilines is 1. The van der Waals surface area contributed by atoms with Crippen LogP contribution in [-0.2, 0) is 17.9 Å². The van der Waals surface area contributed by atoms with Crippen LogP contribution in [0.1, 0.15) is 13.3 Å². The SMILES string of the molecule is CCn1c(=O)n(CCC(=O)Nc2ncn[nH]2)c2ccccc21. The zero-order chi connectivity index (χ0) is 15.5. The van der Waals surface area contributed by atoms with Gasteiger partial charge in [-0.2, -0.15) is 10.1 Å². The quantitative estimate of drug-likeness (QED) is 0.733. The van der Waals surface area contributed by atoms with Gasteiger partial charge in [0.1, 0.15) is 6.33 Å². The molecule has 2 aromatic heterocycles. The minimum absolute atomic E-state index is 0.101. The molecule has 0 saturated heterocycles. The molecule has 0 aliphatic rings. The number of hydrogen-bond acceptors (Lipinski definition) is 4. The Morgan fingerprint density at radius 1 is 1.27 bits per heavy atom. The Labute approximate surface area is 125 Å². The van der Waals surface area contributed by atoms with Gasteiger partial charge in [-0.3, -0.25) is 19.2 Å². The number of para-hydroxylation sites is 2. The minimum atomic E-state index is -0.225. The van der Waals surface area contributed by atoms with Crippen molar-refractivity contribution in [2.24, 2.45) is 0 Å². The van der Waals surface area contributed by atoms with Gasteiger partial charge in [0.15, 0.2) is 0 Å². The normalized spacial score (nSPS) is 11.0. The van der Waals surface area contributed by atoms with Crippen molar-refractivity contribution < 1.29 is 4.79 Å². The van der Waals surface area contributed by atoms with Crippen molar-refractivity contribution in [3.8, 4) is 0 Å². The Balaban J connectivity index is 1.81. The van der Waals surface area contributed by atoms with Crippen LogP contribution in [0.5, 0.6) is 0 Å². The van der Waals surface area contributed by atoms with Gasteiger partial charge in [-0.15, -0.1) is 0 Å². The van der Waals surface area contributed by atoms with Crippen LogP contribution in [0, 0.1) is 0 Å². The van der Waals surface area contributed by atoms with E-state index in [-0.39, 0.29) is 18.0 Å². The minimum Gasteiger partial charge on any atom is -0.295 e.